The molecule has 1 aliphatic rings. The molecule has 0 spiro atoms. The van der Waals surface area contributed by atoms with E-state index in [4.69, 9.17) is 5.73 Å². The Hall–Kier alpha value is -0.560. The number of hydrogen-bond donors (Lipinski definition) is 1. The van der Waals surface area contributed by atoms with Crippen molar-refractivity contribution in [2.45, 2.75) is 34.1 Å². The van der Waals surface area contributed by atoms with Crippen LogP contribution in [0.1, 0.15) is 34.1 Å². The second kappa shape index (κ2) is 3.44. The Morgan fingerprint density at radius 3 is 2.08 bits per heavy atom. The van der Waals surface area contributed by atoms with Crippen LogP contribution < -0.4 is 5.73 Å². The fraction of sp³-hybridized carbons (Fsp3) is 0.636. The second-order valence-electron chi connectivity index (χ2n) is 3.72. The van der Waals surface area contributed by atoms with Gasteiger partial charge in [-0.3, -0.25) is 0 Å². The van der Waals surface area contributed by atoms with Crippen molar-refractivity contribution in [2.24, 2.45) is 11.7 Å². The van der Waals surface area contributed by atoms with Gasteiger partial charge in [0.05, 0.1) is 0 Å². The first-order chi connectivity index (χ1) is 5.59. The summed E-state index contributed by atoms with van der Waals surface area (Å²) in [6.07, 6.45) is 1.06. The molecule has 0 aromatic heterocycles. The molecule has 1 rings (SSSR count). The monoisotopic (exact) mass is 165 g/mol. The van der Waals surface area contributed by atoms with Crippen LogP contribution in [0.25, 0.3) is 0 Å². The van der Waals surface area contributed by atoms with E-state index in [1.54, 1.807) is 5.57 Å². The molecule has 0 radical (unpaired) electrons. The second-order valence-corrected chi connectivity index (χ2v) is 3.72. The molecule has 0 saturated carbocycles. The topological polar surface area (TPSA) is 26.0 Å². The van der Waals surface area contributed by atoms with Crippen LogP contribution in [0.5, 0.6) is 0 Å². The van der Waals surface area contributed by atoms with Gasteiger partial charge in [0, 0.05) is 0 Å². The molecular weight excluding hydrogens is 146 g/mol. The normalized spacial score (nSPS) is 24.2. The first-order valence-electron chi connectivity index (χ1n) is 4.67. The zero-order valence-corrected chi connectivity index (χ0v) is 8.57. The van der Waals surface area contributed by atoms with Gasteiger partial charge in [-0.05, 0) is 50.8 Å². The first kappa shape index (κ1) is 9.53. The molecule has 0 amide bonds. The summed E-state index contributed by atoms with van der Waals surface area (Å²) >= 11 is 0. The Morgan fingerprint density at radius 2 is 1.75 bits per heavy atom. The minimum absolute atomic E-state index is 0.633. The third kappa shape index (κ3) is 1.34. The van der Waals surface area contributed by atoms with Crippen LogP contribution in [-0.4, -0.2) is 6.54 Å². The Labute approximate surface area is 75.3 Å². The predicted molar refractivity (Wildman–Crippen MR) is 53.9 cm³/mol. The van der Waals surface area contributed by atoms with Gasteiger partial charge in [-0.15, -0.1) is 0 Å². The van der Waals surface area contributed by atoms with E-state index >= 15 is 0 Å². The lowest BCUT2D eigenvalue weighted by atomic mass is 9.96. The van der Waals surface area contributed by atoms with Crippen LogP contribution >= 0.6 is 0 Å². The summed E-state index contributed by atoms with van der Waals surface area (Å²) in [5, 5.41) is 0. The van der Waals surface area contributed by atoms with Crippen molar-refractivity contribution in [3.8, 4) is 0 Å². The molecule has 2 N–H and O–H groups in total. The van der Waals surface area contributed by atoms with Crippen molar-refractivity contribution in [1.82, 2.24) is 0 Å². The zero-order valence-electron chi connectivity index (χ0n) is 8.57. The maximum Gasteiger partial charge on any atom is -0.00121 e. The summed E-state index contributed by atoms with van der Waals surface area (Å²) < 4.78 is 0. The fourth-order valence-electron chi connectivity index (χ4n) is 2.01. The summed E-state index contributed by atoms with van der Waals surface area (Å²) in [6, 6.07) is 0. The lowest BCUT2D eigenvalue weighted by molar-refractivity contribution is 0.751. The van der Waals surface area contributed by atoms with Gasteiger partial charge in [-0.2, -0.15) is 0 Å². The van der Waals surface area contributed by atoms with Crippen molar-refractivity contribution in [3.63, 3.8) is 0 Å². The molecule has 0 fully saturated rings. The quantitative estimate of drug-likeness (QED) is 0.668. The van der Waals surface area contributed by atoms with E-state index in [1.165, 1.54) is 16.7 Å². The SMILES string of the molecule is CC1=C(C)C(C)C(CCN)=C1C. The standard InChI is InChI=1S/C11H19N/c1-7-8(2)10(4)11(5-6-12)9(7)3/h9H,5-6,12H2,1-4H3. The maximum atomic E-state index is 5.57. The fourth-order valence-corrected chi connectivity index (χ4v) is 2.01. The van der Waals surface area contributed by atoms with E-state index in [9.17, 15) is 0 Å². The Morgan fingerprint density at radius 1 is 1.17 bits per heavy atom. The van der Waals surface area contributed by atoms with Crippen molar-refractivity contribution in [1.29, 1.82) is 0 Å². The minimum atomic E-state index is 0.633. The molecule has 68 valence electrons. The highest BCUT2D eigenvalue weighted by Crippen LogP contribution is 2.37. The largest absolute Gasteiger partial charge is 0.330 e. The smallest absolute Gasteiger partial charge is 0.00121 e. The number of rotatable bonds is 2. The average Bonchev–Trinajstić information content (AvgIpc) is 2.23. The maximum absolute atomic E-state index is 5.57. The molecule has 12 heavy (non-hydrogen) atoms. The molecular formula is C11H19N. The third-order valence-electron chi connectivity index (χ3n) is 3.22. The molecule has 0 aromatic carbocycles. The highest BCUT2D eigenvalue weighted by Gasteiger charge is 2.22. The molecule has 1 heteroatoms. The number of allylic oxidation sites excluding steroid dienone is 3. The lowest BCUT2D eigenvalue weighted by Gasteiger charge is -2.10. The van der Waals surface area contributed by atoms with E-state index in [-0.39, 0.29) is 0 Å². The lowest BCUT2D eigenvalue weighted by Crippen LogP contribution is -2.05. The van der Waals surface area contributed by atoms with Gasteiger partial charge >= 0.3 is 0 Å². The summed E-state index contributed by atoms with van der Waals surface area (Å²) in [5.74, 6) is 0.633. The minimum Gasteiger partial charge on any atom is -0.330 e. The van der Waals surface area contributed by atoms with Crippen molar-refractivity contribution in [2.75, 3.05) is 6.54 Å². The van der Waals surface area contributed by atoms with Crippen LogP contribution in [0.4, 0.5) is 0 Å². The van der Waals surface area contributed by atoms with Gasteiger partial charge in [0.15, 0.2) is 0 Å². The van der Waals surface area contributed by atoms with Gasteiger partial charge < -0.3 is 5.73 Å². The molecule has 0 bridgehead atoms. The molecule has 0 aliphatic heterocycles. The van der Waals surface area contributed by atoms with Crippen LogP contribution in [-0.2, 0) is 0 Å². The summed E-state index contributed by atoms with van der Waals surface area (Å²) in [4.78, 5) is 0. The van der Waals surface area contributed by atoms with Gasteiger partial charge in [-0.25, -0.2) is 0 Å². The number of hydrogen-bond acceptors (Lipinski definition) is 1. The predicted octanol–water partition coefficient (Wildman–Crippen LogP) is 2.64. The highest BCUT2D eigenvalue weighted by atomic mass is 14.5. The zero-order chi connectivity index (χ0) is 9.30. The van der Waals surface area contributed by atoms with E-state index < -0.39 is 0 Å². The molecule has 0 aromatic rings. The Kier molecular flexibility index (Phi) is 2.73. The molecule has 1 unspecified atom stereocenters. The van der Waals surface area contributed by atoms with Crippen LogP contribution in [0.3, 0.4) is 0 Å². The Bertz CT molecular complexity index is 246. The molecule has 0 saturated heterocycles. The van der Waals surface area contributed by atoms with E-state index in [0.717, 1.165) is 13.0 Å². The highest BCUT2D eigenvalue weighted by molar-refractivity contribution is 5.46. The van der Waals surface area contributed by atoms with Crippen molar-refractivity contribution < 1.29 is 0 Å². The molecule has 1 aliphatic carbocycles. The molecule has 0 heterocycles. The Balaban J connectivity index is 2.92. The van der Waals surface area contributed by atoms with E-state index in [1.807, 2.05) is 0 Å². The summed E-state index contributed by atoms with van der Waals surface area (Å²) in [7, 11) is 0. The van der Waals surface area contributed by atoms with Gasteiger partial charge in [0.1, 0.15) is 0 Å². The average molecular weight is 165 g/mol. The van der Waals surface area contributed by atoms with Crippen LogP contribution in [0.15, 0.2) is 22.3 Å². The number of nitrogens with two attached hydrogens (primary N) is 1. The van der Waals surface area contributed by atoms with E-state index in [0.29, 0.717) is 5.92 Å². The van der Waals surface area contributed by atoms with E-state index in [2.05, 4.69) is 27.7 Å². The third-order valence-corrected chi connectivity index (χ3v) is 3.22. The molecule has 1 nitrogen and oxygen atoms in total. The van der Waals surface area contributed by atoms with Crippen molar-refractivity contribution in [3.05, 3.63) is 22.3 Å². The first-order valence-corrected chi connectivity index (χ1v) is 4.67. The summed E-state index contributed by atoms with van der Waals surface area (Å²) in [6.45, 7) is 9.71. The van der Waals surface area contributed by atoms with Crippen LogP contribution in [0.2, 0.25) is 0 Å². The van der Waals surface area contributed by atoms with Gasteiger partial charge in [0.2, 0.25) is 0 Å². The van der Waals surface area contributed by atoms with Gasteiger partial charge in [0.25, 0.3) is 0 Å². The van der Waals surface area contributed by atoms with Gasteiger partial charge in [-0.1, -0.05) is 18.1 Å². The molecule has 1 atom stereocenters. The summed E-state index contributed by atoms with van der Waals surface area (Å²) in [5.41, 5.74) is 11.6. The van der Waals surface area contributed by atoms with Crippen molar-refractivity contribution >= 4 is 0 Å². The van der Waals surface area contributed by atoms with Crippen LogP contribution in [0, 0.1) is 5.92 Å².